The summed E-state index contributed by atoms with van der Waals surface area (Å²) in [6.45, 7) is 5.96. The van der Waals surface area contributed by atoms with E-state index in [2.05, 4.69) is 40.1 Å². The van der Waals surface area contributed by atoms with Crippen molar-refractivity contribution in [3.8, 4) is 0 Å². The first-order valence-corrected chi connectivity index (χ1v) is 13.4. The molecule has 0 aromatic heterocycles. The van der Waals surface area contributed by atoms with Crippen molar-refractivity contribution in [3.05, 3.63) is 35.9 Å². The summed E-state index contributed by atoms with van der Waals surface area (Å²) in [6.07, 6.45) is 7.68. The molecule has 3 aliphatic rings. The average Bonchev–Trinajstić information content (AvgIpc) is 2.80. The number of thioether (sulfide) groups is 1. The van der Waals surface area contributed by atoms with Crippen LogP contribution in [0, 0.1) is 11.8 Å². The molecule has 4 rings (SSSR count). The van der Waals surface area contributed by atoms with E-state index in [1.54, 1.807) is 0 Å². The van der Waals surface area contributed by atoms with Crippen molar-refractivity contribution in [1.82, 2.24) is 9.80 Å². The molecule has 1 aromatic carbocycles. The summed E-state index contributed by atoms with van der Waals surface area (Å²) in [5, 5.41) is 0. The lowest BCUT2D eigenvalue weighted by Crippen LogP contribution is -2.65. The molecule has 0 spiro atoms. The van der Waals surface area contributed by atoms with Crippen LogP contribution in [0.25, 0.3) is 0 Å². The van der Waals surface area contributed by atoms with Gasteiger partial charge in [0.15, 0.2) is 0 Å². The van der Waals surface area contributed by atoms with Gasteiger partial charge in [-0.05, 0) is 75.9 Å². The first-order chi connectivity index (χ1) is 15.2. The third-order valence-corrected chi connectivity index (χ3v) is 8.85. The van der Waals surface area contributed by atoms with Gasteiger partial charge >= 0.3 is 5.97 Å². The lowest BCUT2D eigenvalue weighted by atomic mass is 9.69. The highest BCUT2D eigenvalue weighted by Crippen LogP contribution is 2.44. The van der Waals surface area contributed by atoms with Crippen LogP contribution in [-0.2, 0) is 15.3 Å². The number of hydrogen-bond acceptors (Lipinski definition) is 5. The van der Waals surface area contributed by atoms with E-state index in [0.29, 0.717) is 31.0 Å². The summed E-state index contributed by atoms with van der Waals surface area (Å²) in [7, 11) is 0. The average molecular weight is 461 g/mol. The predicted molar refractivity (Wildman–Crippen MR) is 132 cm³/mol. The number of likely N-dealkylation sites (tertiary alicyclic amines) is 1. The Bertz CT molecular complexity index is 742. The minimum absolute atomic E-state index is 0.0632. The molecular formula is C25H36N2O2S2. The van der Waals surface area contributed by atoms with Crippen molar-refractivity contribution in [1.29, 1.82) is 0 Å². The molecule has 0 radical (unpaired) electrons. The number of carbonyl (C=O) groups is 1. The molecule has 170 valence electrons. The van der Waals surface area contributed by atoms with Crippen LogP contribution in [0.15, 0.2) is 30.3 Å². The minimum atomic E-state index is -0.0632. The third-order valence-electron chi connectivity index (χ3n) is 7.30. The molecule has 0 unspecified atom stereocenters. The normalized spacial score (nSPS) is 28.1. The van der Waals surface area contributed by atoms with E-state index in [1.807, 2.05) is 18.7 Å². The molecule has 3 aliphatic heterocycles. The molecule has 0 bridgehead atoms. The maximum absolute atomic E-state index is 11.9. The second-order valence-electron chi connectivity index (χ2n) is 9.19. The van der Waals surface area contributed by atoms with Crippen LogP contribution in [-0.4, -0.2) is 58.4 Å². The van der Waals surface area contributed by atoms with Crippen LogP contribution in [0.2, 0.25) is 0 Å². The van der Waals surface area contributed by atoms with Crippen LogP contribution in [0.5, 0.6) is 0 Å². The van der Waals surface area contributed by atoms with E-state index < -0.39 is 0 Å². The fourth-order valence-corrected chi connectivity index (χ4v) is 7.31. The lowest BCUT2D eigenvalue weighted by Gasteiger charge is -2.58. The van der Waals surface area contributed by atoms with Gasteiger partial charge in [-0.3, -0.25) is 9.69 Å². The van der Waals surface area contributed by atoms with Gasteiger partial charge in [-0.1, -0.05) is 54.3 Å². The number of hydrogen-bond donors (Lipinski definition) is 0. The van der Waals surface area contributed by atoms with Gasteiger partial charge in [0.05, 0.1) is 6.61 Å². The summed E-state index contributed by atoms with van der Waals surface area (Å²) in [4.78, 5) is 17.3. The molecule has 0 amide bonds. The summed E-state index contributed by atoms with van der Waals surface area (Å²) in [5.74, 6) is 2.27. The minimum Gasteiger partial charge on any atom is -0.466 e. The van der Waals surface area contributed by atoms with Crippen molar-refractivity contribution in [2.45, 2.75) is 69.7 Å². The van der Waals surface area contributed by atoms with Gasteiger partial charge in [-0.15, -0.1) is 0 Å². The topological polar surface area (TPSA) is 32.8 Å². The predicted octanol–water partition coefficient (Wildman–Crippen LogP) is 5.11. The molecule has 4 nitrogen and oxygen atoms in total. The van der Waals surface area contributed by atoms with Crippen LogP contribution < -0.4 is 0 Å². The van der Waals surface area contributed by atoms with Crippen LogP contribution in [0.1, 0.15) is 57.4 Å². The van der Waals surface area contributed by atoms with Crippen LogP contribution >= 0.6 is 24.0 Å². The van der Waals surface area contributed by atoms with Gasteiger partial charge in [-0.25, -0.2) is 0 Å². The van der Waals surface area contributed by atoms with Crippen molar-refractivity contribution in [2.24, 2.45) is 11.8 Å². The van der Waals surface area contributed by atoms with Crippen LogP contribution in [0.3, 0.4) is 0 Å². The number of benzene rings is 1. The molecule has 3 heterocycles. The molecule has 0 saturated carbocycles. The van der Waals surface area contributed by atoms with Crippen molar-refractivity contribution >= 4 is 34.3 Å². The monoisotopic (exact) mass is 460 g/mol. The Morgan fingerprint density at radius 2 is 1.97 bits per heavy atom. The number of nitrogens with zero attached hydrogens (tertiary/aromatic N) is 2. The zero-order valence-corrected chi connectivity index (χ0v) is 20.3. The Morgan fingerprint density at radius 3 is 2.74 bits per heavy atom. The summed E-state index contributed by atoms with van der Waals surface area (Å²) >= 11 is 7.83. The maximum Gasteiger partial charge on any atom is 0.305 e. The number of piperidine rings is 3. The zero-order chi connectivity index (χ0) is 21.6. The molecular weight excluding hydrogens is 424 g/mol. The number of thiocarbonyl (C=S) groups is 1. The summed E-state index contributed by atoms with van der Waals surface area (Å²) in [6, 6.07) is 11.8. The van der Waals surface area contributed by atoms with Gasteiger partial charge in [0.25, 0.3) is 0 Å². The van der Waals surface area contributed by atoms with Crippen molar-refractivity contribution in [3.63, 3.8) is 0 Å². The maximum atomic E-state index is 11.9. The fourth-order valence-electron chi connectivity index (χ4n) is 6.07. The molecule has 4 atom stereocenters. The SMILES string of the molecule is CCOC(=O)CCC[C@@H]1[C@H]2CCCN3CCC[C@@H](CN1C(=S)SCc1ccccc1)[C@@H]23. The number of carbonyl (C=O) groups excluding carboxylic acids is 1. The Kier molecular flexibility index (Phi) is 8.30. The zero-order valence-electron chi connectivity index (χ0n) is 18.7. The van der Waals surface area contributed by atoms with Gasteiger partial charge in [0.2, 0.25) is 0 Å². The Balaban J connectivity index is 1.46. The van der Waals surface area contributed by atoms with Gasteiger partial charge in [0, 0.05) is 30.8 Å². The quantitative estimate of drug-likeness (QED) is 0.415. The molecule has 31 heavy (non-hydrogen) atoms. The van der Waals surface area contributed by atoms with E-state index in [1.165, 1.54) is 44.3 Å². The van der Waals surface area contributed by atoms with E-state index >= 15 is 0 Å². The van der Waals surface area contributed by atoms with E-state index in [-0.39, 0.29) is 5.97 Å². The van der Waals surface area contributed by atoms with Crippen molar-refractivity contribution < 1.29 is 9.53 Å². The summed E-state index contributed by atoms with van der Waals surface area (Å²) in [5.41, 5.74) is 1.32. The first kappa shape index (κ1) is 23.1. The van der Waals surface area contributed by atoms with E-state index in [9.17, 15) is 4.79 Å². The van der Waals surface area contributed by atoms with Gasteiger partial charge in [0.1, 0.15) is 4.32 Å². The molecule has 0 aliphatic carbocycles. The van der Waals surface area contributed by atoms with E-state index in [4.69, 9.17) is 17.0 Å². The second kappa shape index (κ2) is 11.2. The lowest BCUT2D eigenvalue weighted by molar-refractivity contribution is -0.143. The fraction of sp³-hybridized carbons (Fsp3) is 0.680. The van der Waals surface area contributed by atoms with Crippen molar-refractivity contribution in [2.75, 3.05) is 26.2 Å². The largest absolute Gasteiger partial charge is 0.466 e. The number of ether oxygens (including phenoxy) is 1. The van der Waals surface area contributed by atoms with Gasteiger partial charge in [-0.2, -0.15) is 0 Å². The standard InChI is InChI=1S/C25H36N2O2S2/c1-2-29-23(28)14-6-13-22-21-12-8-16-26-15-7-11-20(24(21)26)17-27(22)25(30)31-18-19-9-4-3-5-10-19/h3-5,9-10,20-22,24H,2,6-8,11-18H2,1H3/t20-,21+,22+,24-/m0/s1. The van der Waals surface area contributed by atoms with Crippen LogP contribution in [0.4, 0.5) is 0 Å². The number of rotatable bonds is 7. The summed E-state index contributed by atoms with van der Waals surface area (Å²) < 4.78 is 6.22. The molecule has 3 fully saturated rings. The molecule has 6 heteroatoms. The van der Waals surface area contributed by atoms with Gasteiger partial charge < -0.3 is 9.64 Å². The Hall–Kier alpha value is -1.11. The molecule has 3 saturated heterocycles. The highest BCUT2D eigenvalue weighted by atomic mass is 32.2. The third kappa shape index (κ3) is 5.63. The Morgan fingerprint density at radius 1 is 1.19 bits per heavy atom. The highest BCUT2D eigenvalue weighted by Gasteiger charge is 2.48. The second-order valence-corrected chi connectivity index (χ2v) is 10.8. The molecule has 0 N–H and O–H groups in total. The first-order valence-electron chi connectivity index (χ1n) is 12.0. The highest BCUT2D eigenvalue weighted by molar-refractivity contribution is 8.22. The molecule has 1 aromatic rings. The van der Waals surface area contributed by atoms with E-state index in [0.717, 1.165) is 35.4 Å². The smallest absolute Gasteiger partial charge is 0.305 e. The Labute approximate surface area is 197 Å². The number of esters is 1.